The summed E-state index contributed by atoms with van der Waals surface area (Å²) < 4.78 is 5.94. The number of ether oxygens (including phenoxy) is 1. The van der Waals surface area contributed by atoms with E-state index in [-0.39, 0.29) is 12.8 Å². The first-order valence-electron chi connectivity index (χ1n) is 6.40. The lowest BCUT2D eigenvalue weighted by molar-refractivity contribution is 0.0248. The molecule has 0 bridgehead atoms. The normalized spacial score (nSPS) is 18.9. The first kappa shape index (κ1) is 12.4. The molecule has 17 heavy (non-hydrogen) atoms. The van der Waals surface area contributed by atoms with Crippen molar-refractivity contribution in [2.24, 2.45) is 0 Å². The molecule has 1 aromatic carbocycles. The van der Waals surface area contributed by atoms with Crippen molar-refractivity contribution in [2.45, 2.75) is 39.0 Å². The fourth-order valence-corrected chi connectivity index (χ4v) is 2.29. The van der Waals surface area contributed by atoms with Crippen molar-refractivity contribution < 1.29 is 9.84 Å². The third kappa shape index (κ3) is 3.20. The number of likely N-dealkylation sites (tertiary alicyclic amines) is 1. The highest BCUT2D eigenvalue weighted by Crippen LogP contribution is 2.21. The SMILES string of the molecule is CC(Oc1ccccc1CO)N1CCCCC1. The summed E-state index contributed by atoms with van der Waals surface area (Å²) in [6.45, 7) is 4.34. The number of rotatable bonds is 4. The van der Waals surface area contributed by atoms with Crippen molar-refractivity contribution in [3.05, 3.63) is 29.8 Å². The maximum absolute atomic E-state index is 9.25. The number of para-hydroxylation sites is 1. The van der Waals surface area contributed by atoms with E-state index in [9.17, 15) is 5.11 Å². The summed E-state index contributed by atoms with van der Waals surface area (Å²) in [5.41, 5.74) is 0.858. The zero-order valence-electron chi connectivity index (χ0n) is 10.4. The number of piperidine rings is 1. The molecule has 1 saturated heterocycles. The Morgan fingerprint density at radius 3 is 2.65 bits per heavy atom. The van der Waals surface area contributed by atoms with Gasteiger partial charge in [0.05, 0.1) is 6.61 Å². The number of hydrogen-bond donors (Lipinski definition) is 1. The minimum atomic E-state index is 0.0306. The molecule has 94 valence electrons. The molecule has 0 amide bonds. The largest absolute Gasteiger partial charge is 0.475 e. The molecule has 1 atom stereocenters. The van der Waals surface area contributed by atoms with Gasteiger partial charge in [-0.2, -0.15) is 0 Å². The van der Waals surface area contributed by atoms with Crippen LogP contribution in [0.3, 0.4) is 0 Å². The molecule has 1 heterocycles. The second kappa shape index (κ2) is 6.03. The predicted octanol–water partition coefficient (Wildman–Crippen LogP) is 2.39. The Hall–Kier alpha value is -1.06. The molecule has 1 aromatic rings. The van der Waals surface area contributed by atoms with Crippen molar-refractivity contribution in [3.8, 4) is 5.75 Å². The van der Waals surface area contributed by atoms with Gasteiger partial charge < -0.3 is 9.84 Å². The van der Waals surface area contributed by atoms with Crippen LogP contribution in [0.15, 0.2) is 24.3 Å². The van der Waals surface area contributed by atoms with Crippen LogP contribution in [0.5, 0.6) is 5.75 Å². The second-order valence-corrected chi connectivity index (χ2v) is 4.58. The minimum absolute atomic E-state index is 0.0306. The van der Waals surface area contributed by atoms with E-state index in [2.05, 4.69) is 11.8 Å². The lowest BCUT2D eigenvalue weighted by atomic mass is 10.1. The van der Waals surface area contributed by atoms with Crippen LogP contribution in [-0.2, 0) is 6.61 Å². The van der Waals surface area contributed by atoms with Gasteiger partial charge in [0.2, 0.25) is 0 Å². The quantitative estimate of drug-likeness (QED) is 0.869. The fourth-order valence-electron chi connectivity index (χ4n) is 2.29. The van der Waals surface area contributed by atoms with Gasteiger partial charge in [0.15, 0.2) is 0 Å². The van der Waals surface area contributed by atoms with Crippen LogP contribution in [-0.4, -0.2) is 29.3 Å². The number of benzene rings is 1. The number of aliphatic hydroxyl groups is 1. The Morgan fingerprint density at radius 1 is 1.24 bits per heavy atom. The highest BCUT2D eigenvalue weighted by Gasteiger charge is 2.18. The van der Waals surface area contributed by atoms with E-state index >= 15 is 0 Å². The first-order chi connectivity index (χ1) is 8.31. The van der Waals surface area contributed by atoms with E-state index in [1.165, 1.54) is 19.3 Å². The van der Waals surface area contributed by atoms with Crippen LogP contribution in [0.4, 0.5) is 0 Å². The number of hydrogen-bond acceptors (Lipinski definition) is 3. The van der Waals surface area contributed by atoms with E-state index in [1.807, 2.05) is 24.3 Å². The van der Waals surface area contributed by atoms with Gasteiger partial charge in [0.1, 0.15) is 12.0 Å². The molecule has 1 aliphatic rings. The molecule has 0 aliphatic carbocycles. The minimum Gasteiger partial charge on any atom is -0.475 e. The Bertz CT molecular complexity index is 348. The average molecular weight is 235 g/mol. The molecule has 0 aromatic heterocycles. The molecule has 1 fully saturated rings. The van der Waals surface area contributed by atoms with Gasteiger partial charge in [-0.05, 0) is 25.8 Å². The third-order valence-corrected chi connectivity index (χ3v) is 3.35. The maximum Gasteiger partial charge on any atom is 0.149 e. The molecule has 3 nitrogen and oxygen atoms in total. The molecule has 3 heteroatoms. The topological polar surface area (TPSA) is 32.7 Å². The van der Waals surface area contributed by atoms with E-state index in [4.69, 9.17) is 4.74 Å². The van der Waals surface area contributed by atoms with Crippen molar-refractivity contribution >= 4 is 0 Å². The van der Waals surface area contributed by atoms with E-state index in [0.717, 1.165) is 24.4 Å². The number of nitrogens with zero attached hydrogens (tertiary/aromatic N) is 1. The lowest BCUT2D eigenvalue weighted by Crippen LogP contribution is -2.40. The highest BCUT2D eigenvalue weighted by molar-refractivity contribution is 5.32. The number of aliphatic hydroxyl groups excluding tert-OH is 1. The first-order valence-corrected chi connectivity index (χ1v) is 6.40. The van der Waals surface area contributed by atoms with Gasteiger partial charge in [-0.25, -0.2) is 0 Å². The van der Waals surface area contributed by atoms with Gasteiger partial charge in [0.25, 0.3) is 0 Å². The molecule has 0 radical (unpaired) electrons. The molecule has 1 aliphatic heterocycles. The Morgan fingerprint density at radius 2 is 1.94 bits per heavy atom. The van der Waals surface area contributed by atoms with Gasteiger partial charge in [-0.3, -0.25) is 4.90 Å². The summed E-state index contributed by atoms with van der Waals surface area (Å²) in [4.78, 5) is 2.36. The van der Waals surface area contributed by atoms with Crippen LogP contribution < -0.4 is 4.74 Å². The summed E-state index contributed by atoms with van der Waals surface area (Å²) in [5.74, 6) is 0.799. The van der Waals surface area contributed by atoms with Crippen LogP contribution >= 0.6 is 0 Å². The Balaban J connectivity index is 1.99. The monoisotopic (exact) mass is 235 g/mol. The van der Waals surface area contributed by atoms with Crippen molar-refractivity contribution in [2.75, 3.05) is 13.1 Å². The molecule has 2 rings (SSSR count). The average Bonchev–Trinajstić information content (AvgIpc) is 2.40. The molecule has 0 spiro atoms. The molecular formula is C14H21NO2. The van der Waals surface area contributed by atoms with Crippen LogP contribution in [0.2, 0.25) is 0 Å². The van der Waals surface area contributed by atoms with E-state index < -0.39 is 0 Å². The fraction of sp³-hybridized carbons (Fsp3) is 0.571. The lowest BCUT2D eigenvalue weighted by Gasteiger charge is -2.32. The maximum atomic E-state index is 9.25. The zero-order chi connectivity index (χ0) is 12.1. The summed E-state index contributed by atoms with van der Waals surface area (Å²) in [6.07, 6.45) is 3.93. The molecular weight excluding hydrogens is 214 g/mol. The summed E-state index contributed by atoms with van der Waals surface area (Å²) in [7, 11) is 0. The van der Waals surface area contributed by atoms with Gasteiger partial charge in [-0.15, -0.1) is 0 Å². The van der Waals surface area contributed by atoms with Crippen molar-refractivity contribution in [1.29, 1.82) is 0 Å². The smallest absolute Gasteiger partial charge is 0.149 e. The summed E-state index contributed by atoms with van der Waals surface area (Å²) in [6, 6.07) is 7.69. The van der Waals surface area contributed by atoms with Crippen molar-refractivity contribution in [3.63, 3.8) is 0 Å². The van der Waals surface area contributed by atoms with Gasteiger partial charge in [-0.1, -0.05) is 24.6 Å². The van der Waals surface area contributed by atoms with Crippen molar-refractivity contribution in [1.82, 2.24) is 4.90 Å². The van der Waals surface area contributed by atoms with Crippen LogP contribution in [0, 0.1) is 0 Å². The third-order valence-electron chi connectivity index (χ3n) is 3.35. The summed E-state index contributed by atoms with van der Waals surface area (Å²) >= 11 is 0. The standard InChI is InChI=1S/C14H21NO2/c1-12(15-9-5-2-6-10-15)17-14-8-4-3-7-13(14)11-16/h3-4,7-8,12,16H,2,5-6,9-11H2,1H3. The Labute approximate surface area is 103 Å². The zero-order valence-corrected chi connectivity index (χ0v) is 10.4. The van der Waals surface area contributed by atoms with E-state index in [0.29, 0.717) is 0 Å². The second-order valence-electron chi connectivity index (χ2n) is 4.58. The summed E-state index contributed by atoms with van der Waals surface area (Å²) in [5, 5.41) is 9.25. The van der Waals surface area contributed by atoms with E-state index in [1.54, 1.807) is 0 Å². The molecule has 0 saturated carbocycles. The van der Waals surface area contributed by atoms with Gasteiger partial charge in [0, 0.05) is 18.7 Å². The predicted molar refractivity (Wildman–Crippen MR) is 67.9 cm³/mol. The van der Waals surface area contributed by atoms with Gasteiger partial charge >= 0.3 is 0 Å². The molecule has 1 N–H and O–H groups in total. The molecule has 1 unspecified atom stereocenters. The highest BCUT2D eigenvalue weighted by atomic mass is 16.5. The Kier molecular flexibility index (Phi) is 4.40. The van der Waals surface area contributed by atoms with Crippen LogP contribution in [0.25, 0.3) is 0 Å². The van der Waals surface area contributed by atoms with Crippen LogP contribution in [0.1, 0.15) is 31.7 Å².